The number of fused-ring (bicyclic) bond motifs is 2. The second-order valence-electron chi connectivity index (χ2n) is 25.6. The molecule has 0 unspecified atom stereocenters. The number of nitrogens with one attached hydrogen (secondary N) is 5. The van der Waals surface area contributed by atoms with Gasteiger partial charge in [-0.2, -0.15) is 9.97 Å². The number of imidazole rings is 2. The number of hydrogen-bond acceptors (Lipinski definition) is 17. The molecule has 6 aromatic rings. The SMILES string of the molecule is CN1CCN(C(=O)C2CCC(Nc3ncc4nc(Nc5ccc(F)c(CS(=O)(=O)NC6CCC(Nc7ncc8nc(Nc9ccc(F)cc9F)n(C9CCC(COCCN%10CCCCC%10)CC9)c8n7)CC6)c5F)n(C5CCC(CO)CC5)c4n3)CC2)CC1. The van der Waals surface area contributed by atoms with Gasteiger partial charge in [-0.05, 0) is 172 Å². The number of anilines is 6. The summed E-state index contributed by atoms with van der Waals surface area (Å²) in [4.78, 5) is 48.8. The molecule has 88 heavy (non-hydrogen) atoms. The highest BCUT2D eigenvalue weighted by molar-refractivity contribution is 7.88. The van der Waals surface area contributed by atoms with Gasteiger partial charge >= 0.3 is 0 Å². The molecule has 0 bridgehead atoms. The van der Waals surface area contributed by atoms with Gasteiger partial charge in [-0.15, -0.1) is 0 Å². The van der Waals surface area contributed by atoms with Gasteiger partial charge in [-0.1, -0.05) is 6.42 Å². The lowest BCUT2D eigenvalue weighted by Gasteiger charge is -2.36. The van der Waals surface area contributed by atoms with E-state index in [-0.39, 0.29) is 65.8 Å². The molecule has 1 amide bonds. The predicted molar refractivity (Wildman–Crippen MR) is 329 cm³/mol. The molecule has 2 aromatic carbocycles. The molecule has 6 N–H and O–H groups in total. The quantitative estimate of drug-likeness (QED) is 0.0291. The van der Waals surface area contributed by atoms with Gasteiger partial charge in [0.25, 0.3) is 0 Å². The van der Waals surface area contributed by atoms with Crippen LogP contribution in [0.5, 0.6) is 0 Å². The van der Waals surface area contributed by atoms with Gasteiger partial charge in [-0.25, -0.2) is 50.6 Å². The third-order valence-corrected chi connectivity index (χ3v) is 20.8. The Morgan fingerprint density at radius 1 is 0.636 bits per heavy atom. The third-order valence-electron chi connectivity index (χ3n) is 19.4. The van der Waals surface area contributed by atoms with Crippen LogP contribution in [0.1, 0.15) is 140 Å². The number of likely N-dealkylation sites (tertiary alicyclic amines) is 1. The molecule has 476 valence electrons. The zero-order chi connectivity index (χ0) is 60.9. The van der Waals surface area contributed by atoms with Crippen LogP contribution in [-0.4, -0.2) is 164 Å². The Morgan fingerprint density at radius 3 is 1.78 bits per heavy atom. The molecule has 6 aliphatic rings. The van der Waals surface area contributed by atoms with Crippen LogP contribution in [-0.2, 0) is 25.3 Å². The lowest BCUT2D eigenvalue weighted by Crippen LogP contribution is -2.49. The Labute approximate surface area is 511 Å². The molecule has 4 aliphatic carbocycles. The summed E-state index contributed by atoms with van der Waals surface area (Å²) >= 11 is 0. The van der Waals surface area contributed by atoms with Crippen LogP contribution in [0, 0.1) is 41.0 Å². The van der Waals surface area contributed by atoms with Gasteiger partial charge in [0.1, 0.15) is 28.5 Å². The lowest BCUT2D eigenvalue weighted by molar-refractivity contribution is -0.138. The zero-order valence-electron chi connectivity index (χ0n) is 50.3. The van der Waals surface area contributed by atoms with Crippen LogP contribution in [0.2, 0.25) is 0 Å². The monoisotopic (exact) mass is 1240 g/mol. The maximum atomic E-state index is 16.7. The second kappa shape index (κ2) is 27.8. The van der Waals surface area contributed by atoms with Crippen LogP contribution in [0.25, 0.3) is 22.3 Å². The number of hydrogen-bond donors (Lipinski definition) is 6. The van der Waals surface area contributed by atoms with Gasteiger partial charge in [0.15, 0.2) is 17.1 Å². The first-order chi connectivity index (χ1) is 42.7. The number of sulfonamides is 1. The minimum Gasteiger partial charge on any atom is -0.396 e. The molecule has 26 heteroatoms. The largest absolute Gasteiger partial charge is 0.396 e. The highest BCUT2D eigenvalue weighted by Crippen LogP contribution is 2.40. The third kappa shape index (κ3) is 14.8. The number of aliphatic hydroxyl groups is 1. The summed E-state index contributed by atoms with van der Waals surface area (Å²) in [7, 11) is -2.19. The minimum absolute atomic E-state index is 0.00457. The van der Waals surface area contributed by atoms with Crippen LogP contribution in [0.4, 0.5) is 52.7 Å². The molecule has 21 nitrogen and oxygen atoms in total. The van der Waals surface area contributed by atoms with Crippen LogP contribution < -0.4 is 26.0 Å². The molecule has 4 saturated carbocycles. The maximum Gasteiger partial charge on any atom is 0.225 e. The van der Waals surface area contributed by atoms with Gasteiger partial charge in [0, 0.05) is 93.7 Å². The van der Waals surface area contributed by atoms with E-state index in [9.17, 15) is 22.7 Å². The van der Waals surface area contributed by atoms with Crippen LogP contribution >= 0.6 is 0 Å². The van der Waals surface area contributed by atoms with E-state index in [1.54, 1.807) is 12.4 Å². The number of halogens is 4. The fourth-order valence-electron chi connectivity index (χ4n) is 14.2. The Bertz CT molecular complexity index is 3480. The minimum atomic E-state index is -4.27. The van der Waals surface area contributed by atoms with Crippen LogP contribution in [0.3, 0.4) is 0 Å². The number of piperidine rings is 1. The fourth-order valence-corrected chi connectivity index (χ4v) is 15.7. The highest BCUT2D eigenvalue weighted by Gasteiger charge is 2.34. The van der Waals surface area contributed by atoms with E-state index in [0.717, 1.165) is 129 Å². The van der Waals surface area contributed by atoms with Crippen molar-refractivity contribution in [2.45, 2.75) is 158 Å². The molecule has 12 rings (SSSR count). The van der Waals surface area contributed by atoms with E-state index in [1.807, 2.05) is 14.0 Å². The number of benzene rings is 2. The van der Waals surface area contributed by atoms with E-state index >= 15 is 13.2 Å². The van der Waals surface area contributed by atoms with Gasteiger partial charge in [0.05, 0.1) is 36.1 Å². The van der Waals surface area contributed by atoms with Crippen molar-refractivity contribution in [3.05, 3.63) is 71.6 Å². The molecular formula is C62H84F4N16O5S. The van der Waals surface area contributed by atoms with Crippen molar-refractivity contribution in [1.82, 2.24) is 58.5 Å². The molecule has 4 aromatic heterocycles. The Balaban J connectivity index is 0.680. The summed E-state index contributed by atoms with van der Waals surface area (Å²) in [6.07, 6.45) is 18.5. The number of aromatic nitrogens is 8. The van der Waals surface area contributed by atoms with Crippen molar-refractivity contribution >= 4 is 73.4 Å². The molecule has 0 atom stereocenters. The molecule has 2 aliphatic heterocycles. The van der Waals surface area contributed by atoms with E-state index in [2.05, 4.69) is 52.8 Å². The Hall–Kier alpha value is -6.32. The molecule has 6 fully saturated rings. The number of carbonyl (C=O) groups is 1. The standard InChI is InChI=1S/C62H84F4N16O5S/c1-78-27-29-80(30-28-78)58(84)41-9-12-43(13-10-41)69-59-67-35-54-57(76-59)82(46-18-5-39(36-83)6-19-46)62(74-54)72-52-24-22-49(64)48(55(52)66)38-88(85,86)77-45-16-14-44(15-17-45)70-60-68-34-53-56(75-60)81(61(73-53)71-51-23-11-42(63)33-50(51)65)47-20-7-40(8-21-47)37-87-32-31-79-25-3-2-4-26-79/h11,22-24,33-35,39-41,43-47,77,83H,2-10,12-21,25-32,36-38H2,1H3,(H,71,73)(H,72,74)(H,67,69,76)(H,68,70,75). The summed E-state index contributed by atoms with van der Waals surface area (Å²) in [6, 6.07) is 4.94. The normalized spacial score (nSPS) is 25.3. The lowest BCUT2D eigenvalue weighted by atomic mass is 9.85. The highest BCUT2D eigenvalue weighted by atomic mass is 32.2. The number of aliphatic hydroxyl groups excluding tert-OH is 1. The maximum absolute atomic E-state index is 16.7. The summed E-state index contributed by atoms with van der Waals surface area (Å²) in [5, 5.41) is 23.1. The molecule has 2 saturated heterocycles. The number of nitrogens with zero attached hydrogens (tertiary/aromatic N) is 11. The number of rotatable bonds is 21. The topological polar surface area (TPSA) is 238 Å². The van der Waals surface area contributed by atoms with E-state index < -0.39 is 50.7 Å². The van der Waals surface area contributed by atoms with E-state index in [4.69, 9.17) is 24.7 Å². The summed E-state index contributed by atoms with van der Waals surface area (Å²) in [5.74, 6) is -2.27. The smallest absolute Gasteiger partial charge is 0.225 e. The number of piperazine rings is 1. The summed E-state index contributed by atoms with van der Waals surface area (Å²) in [6.45, 7) is 8.00. The Morgan fingerprint density at radius 2 is 1.19 bits per heavy atom. The molecule has 6 heterocycles. The van der Waals surface area contributed by atoms with E-state index in [1.165, 1.54) is 37.5 Å². The van der Waals surface area contributed by atoms with Crippen molar-refractivity contribution < 1.29 is 40.6 Å². The van der Waals surface area contributed by atoms with E-state index in [0.29, 0.717) is 91.2 Å². The number of amides is 1. The van der Waals surface area contributed by atoms with Crippen molar-refractivity contribution in [3.8, 4) is 0 Å². The fraction of sp³-hybridized carbons (Fsp3) is 0.629. The van der Waals surface area contributed by atoms with Crippen molar-refractivity contribution in [1.29, 1.82) is 0 Å². The average molecular weight is 1240 g/mol. The van der Waals surface area contributed by atoms with Crippen molar-refractivity contribution in [3.63, 3.8) is 0 Å². The average Bonchev–Trinajstić information content (AvgIpc) is 2.15. The number of ether oxygens (including phenoxy) is 1. The Kier molecular flexibility index (Phi) is 19.6. The van der Waals surface area contributed by atoms with Crippen LogP contribution in [0.15, 0.2) is 42.7 Å². The van der Waals surface area contributed by atoms with Gasteiger partial charge < -0.3 is 45.8 Å². The second-order valence-corrected chi connectivity index (χ2v) is 27.3. The zero-order valence-corrected chi connectivity index (χ0v) is 51.1. The molecule has 0 spiro atoms. The first kappa shape index (κ1) is 61.9. The number of likely N-dealkylation sites (N-methyl/N-ethyl adjacent to an activating group) is 1. The number of carbonyl (C=O) groups excluding carboxylic acids is 1. The summed E-state index contributed by atoms with van der Waals surface area (Å²) in [5.41, 5.74) is 1.34. The predicted octanol–water partition coefficient (Wildman–Crippen LogP) is 9.55. The first-order valence-corrected chi connectivity index (χ1v) is 33.7. The summed E-state index contributed by atoms with van der Waals surface area (Å²) < 4.78 is 102. The van der Waals surface area contributed by atoms with Crippen molar-refractivity contribution in [2.24, 2.45) is 17.8 Å². The molecular weight excluding hydrogens is 1160 g/mol. The molecule has 0 radical (unpaired) electrons. The first-order valence-electron chi connectivity index (χ1n) is 32.1. The van der Waals surface area contributed by atoms with Gasteiger partial charge in [0.2, 0.25) is 39.7 Å². The van der Waals surface area contributed by atoms with Gasteiger partial charge in [-0.3, -0.25) is 13.9 Å². The van der Waals surface area contributed by atoms with Crippen molar-refractivity contribution in [2.75, 3.05) is 93.9 Å².